The fourth-order valence-corrected chi connectivity index (χ4v) is 2.11. The van der Waals surface area contributed by atoms with Gasteiger partial charge in [-0.2, -0.15) is 5.10 Å². The lowest BCUT2D eigenvalue weighted by Gasteiger charge is -2.13. The van der Waals surface area contributed by atoms with Crippen LogP contribution in [0.15, 0.2) is 34.9 Å². The highest BCUT2D eigenvalue weighted by Gasteiger charge is 2.08. The fraction of sp³-hybridized carbons (Fsp3) is 0.308. The number of hydrogen-bond donors (Lipinski definition) is 1. The van der Waals surface area contributed by atoms with Crippen LogP contribution >= 0.6 is 15.9 Å². The maximum Gasteiger partial charge on any atom is 0.137 e. The molecule has 0 aliphatic carbocycles. The van der Waals surface area contributed by atoms with Crippen molar-refractivity contribution in [2.45, 2.75) is 19.5 Å². The number of aryl methyl sites for hydroxylation is 1. The molecule has 1 atom stereocenters. The summed E-state index contributed by atoms with van der Waals surface area (Å²) in [4.78, 5) is 0. The van der Waals surface area contributed by atoms with Crippen LogP contribution in [0, 0.1) is 5.82 Å². The van der Waals surface area contributed by atoms with Gasteiger partial charge in [-0.1, -0.05) is 6.07 Å². The molecule has 1 aromatic heterocycles. The van der Waals surface area contributed by atoms with Gasteiger partial charge in [0.25, 0.3) is 0 Å². The first-order valence-electron chi connectivity index (χ1n) is 5.73. The van der Waals surface area contributed by atoms with E-state index in [4.69, 9.17) is 0 Å². The van der Waals surface area contributed by atoms with Crippen molar-refractivity contribution in [1.82, 2.24) is 15.1 Å². The second-order valence-corrected chi connectivity index (χ2v) is 5.11. The summed E-state index contributed by atoms with van der Waals surface area (Å²) in [5.74, 6) is -0.240. The summed E-state index contributed by atoms with van der Waals surface area (Å²) in [6.45, 7) is 2.74. The first-order valence-corrected chi connectivity index (χ1v) is 6.52. The minimum Gasteiger partial charge on any atom is -0.304 e. The van der Waals surface area contributed by atoms with Crippen molar-refractivity contribution in [1.29, 1.82) is 0 Å². The number of halogens is 2. The molecule has 0 spiro atoms. The summed E-state index contributed by atoms with van der Waals surface area (Å²) in [6.07, 6.45) is 1.91. The smallest absolute Gasteiger partial charge is 0.137 e. The Kier molecular flexibility index (Phi) is 4.14. The van der Waals surface area contributed by atoms with E-state index in [0.29, 0.717) is 11.0 Å². The Labute approximate surface area is 114 Å². The molecule has 2 aromatic rings. The lowest BCUT2D eigenvalue weighted by atomic mass is 10.1. The summed E-state index contributed by atoms with van der Waals surface area (Å²) in [6, 6.07) is 7.17. The highest BCUT2D eigenvalue weighted by atomic mass is 79.9. The van der Waals surface area contributed by atoms with Gasteiger partial charge >= 0.3 is 0 Å². The molecule has 3 nitrogen and oxygen atoms in total. The fourth-order valence-electron chi connectivity index (χ4n) is 1.71. The van der Waals surface area contributed by atoms with E-state index in [9.17, 15) is 4.39 Å². The van der Waals surface area contributed by atoms with Gasteiger partial charge in [-0.05, 0) is 46.6 Å². The zero-order valence-corrected chi connectivity index (χ0v) is 11.9. The molecule has 0 radical (unpaired) electrons. The Morgan fingerprint density at radius 2 is 2.22 bits per heavy atom. The number of rotatable bonds is 4. The third kappa shape index (κ3) is 3.17. The van der Waals surface area contributed by atoms with E-state index in [0.717, 1.165) is 11.3 Å². The summed E-state index contributed by atoms with van der Waals surface area (Å²) in [5, 5.41) is 7.65. The molecule has 0 aliphatic heterocycles. The van der Waals surface area contributed by atoms with E-state index in [-0.39, 0.29) is 11.9 Å². The van der Waals surface area contributed by atoms with Gasteiger partial charge in [0.1, 0.15) is 5.82 Å². The second kappa shape index (κ2) is 5.63. The van der Waals surface area contributed by atoms with Crippen LogP contribution in [0.25, 0.3) is 0 Å². The van der Waals surface area contributed by atoms with E-state index in [2.05, 4.69) is 26.3 Å². The van der Waals surface area contributed by atoms with Crippen LogP contribution < -0.4 is 5.32 Å². The summed E-state index contributed by atoms with van der Waals surface area (Å²) >= 11 is 3.20. The van der Waals surface area contributed by atoms with Crippen molar-refractivity contribution in [3.05, 3.63) is 52.0 Å². The van der Waals surface area contributed by atoms with E-state index in [1.54, 1.807) is 16.8 Å². The Balaban J connectivity index is 1.99. The predicted octanol–water partition coefficient (Wildman–Crippen LogP) is 3.17. The minimum absolute atomic E-state index is 0.143. The molecule has 0 fully saturated rings. The average molecular weight is 312 g/mol. The molecule has 0 bridgehead atoms. The number of nitrogens with zero attached hydrogens (tertiary/aromatic N) is 2. The number of benzene rings is 1. The van der Waals surface area contributed by atoms with Crippen molar-refractivity contribution >= 4 is 15.9 Å². The highest BCUT2D eigenvalue weighted by Crippen LogP contribution is 2.21. The van der Waals surface area contributed by atoms with Gasteiger partial charge in [0.05, 0.1) is 10.2 Å². The maximum absolute atomic E-state index is 13.1. The van der Waals surface area contributed by atoms with E-state index >= 15 is 0 Å². The second-order valence-electron chi connectivity index (χ2n) is 4.26. The van der Waals surface area contributed by atoms with Crippen molar-refractivity contribution in [3.63, 3.8) is 0 Å². The molecule has 0 aliphatic rings. The van der Waals surface area contributed by atoms with Gasteiger partial charge in [0.15, 0.2) is 0 Å². The van der Waals surface area contributed by atoms with Gasteiger partial charge in [-0.3, -0.25) is 4.68 Å². The molecule has 0 amide bonds. The molecule has 1 aromatic carbocycles. The predicted molar refractivity (Wildman–Crippen MR) is 72.6 cm³/mol. The van der Waals surface area contributed by atoms with E-state index in [1.807, 2.05) is 26.2 Å². The molecule has 1 heterocycles. The summed E-state index contributed by atoms with van der Waals surface area (Å²) < 4.78 is 15.4. The molecular weight excluding hydrogens is 297 g/mol. The zero-order valence-electron chi connectivity index (χ0n) is 10.3. The first-order chi connectivity index (χ1) is 8.56. The Bertz CT molecular complexity index is 539. The first kappa shape index (κ1) is 13.2. The standard InChI is InChI=1S/C13H15BrFN3/c1-9(10-3-4-13(15)12(14)7-10)16-8-11-5-6-18(2)17-11/h3-7,9,16H,8H2,1-2H3. The SMILES string of the molecule is CC(NCc1ccn(C)n1)c1ccc(F)c(Br)c1. The molecule has 2 rings (SSSR count). The third-order valence-corrected chi connectivity index (χ3v) is 3.41. The topological polar surface area (TPSA) is 29.9 Å². The molecule has 0 saturated carbocycles. The van der Waals surface area contributed by atoms with Crippen LogP contribution in [0.4, 0.5) is 4.39 Å². The lowest BCUT2D eigenvalue weighted by Crippen LogP contribution is -2.18. The maximum atomic E-state index is 13.1. The summed E-state index contributed by atoms with van der Waals surface area (Å²) in [7, 11) is 1.89. The molecule has 18 heavy (non-hydrogen) atoms. The van der Waals surface area contributed by atoms with E-state index in [1.165, 1.54) is 6.07 Å². The monoisotopic (exact) mass is 311 g/mol. The molecule has 5 heteroatoms. The van der Waals surface area contributed by atoms with Gasteiger partial charge in [-0.15, -0.1) is 0 Å². The van der Waals surface area contributed by atoms with Gasteiger partial charge in [0.2, 0.25) is 0 Å². The number of aromatic nitrogens is 2. The number of nitrogens with one attached hydrogen (secondary N) is 1. The van der Waals surface area contributed by atoms with Crippen molar-refractivity contribution in [2.24, 2.45) is 7.05 Å². The Hall–Kier alpha value is -1.20. The third-order valence-electron chi connectivity index (χ3n) is 2.80. The van der Waals surface area contributed by atoms with Crippen LogP contribution in [-0.4, -0.2) is 9.78 Å². The van der Waals surface area contributed by atoms with E-state index < -0.39 is 0 Å². The van der Waals surface area contributed by atoms with Crippen LogP contribution in [0.5, 0.6) is 0 Å². The van der Waals surface area contributed by atoms with Crippen molar-refractivity contribution in [2.75, 3.05) is 0 Å². The minimum atomic E-state index is -0.240. The highest BCUT2D eigenvalue weighted by molar-refractivity contribution is 9.10. The lowest BCUT2D eigenvalue weighted by molar-refractivity contribution is 0.558. The normalized spacial score (nSPS) is 12.7. The Morgan fingerprint density at radius 1 is 1.44 bits per heavy atom. The quantitative estimate of drug-likeness (QED) is 0.940. The molecular formula is C13H15BrFN3. The van der Waals surface area contributed by atoms with Crippen molar-refractivity contribution in [3.8, 4) is 0 Å². The Morgan fingerprint density at radius 3 is 2.83 bits per heavy atom. The van der Waals surface area contributed by atoms with Crippen LogP contribution in [-0.2, 0) is 13.6 Å². The molecule has 96 valence electrons. The molecule has 1 N–H and O–H groups in total. The van der Waals surface area contributed by atoms with Crippen LogP contribution in [0.2, 0.25) is 0 Å². The largest absolute Gasteiger partial charge is 0.304 e. The van der Waals surface area contributed by atoms with Gasteiger partial charge < -0.3 is 5.32 Å². The van der Waals surface area contributed by atoms with Gasteiger partial charge in [0, 0.05) is 25.8 Å². The van der Waals surface area contributed by atoms with Crippen LogP contribution in [0.3, 0.4) is 0 Å². The zero-order chi connectivity index (χ0) is 13.1. The molecule has 1 unspecified atom stereocenters. The molecule has 0 saturated heterocycles. The van der Waals surface area contributed by atoms with Crippen molar-refractivity contribution < 1.29 is 4.39 Å². The van der Waals surface area contributed by atoms with Gasteiger partial charge in [-0.25, -0.2) is 4.39 Å². The number of hydrogen-bond acceptors (Lipinski definition) is 2. The summed E-state index contributed by atoms with van der Waals surface area (Å²) in [5.41, 5.74) is 2.03. The average Bonchev–Trinajstić information content (AvgIpc) is 2.75. The van der Waals surface area contributed by atoms with Crippen LogP contribution in [0.1, 0.15) is 24.2 Å².